The Hall–Kier alpha value is -1.88. The molecule has 1 aromatic rings. The van der Waals surface area contributed by atoms with Crippen molar-refractivity contribution in [2.24, 2.45) is 0 Å². The van der Waals surface area contributed by atoms with Crippen LogP contribution in [0.2, 0.25) is 0 Å². The van der Waals surface area contributed by atoms with Gasteiger partial charge in [-0.1, -0.05) is 30.7 Å². The molecule has 0 spiro atoms. The minimum Gasteiger partial charge on any atom is -0.326 e. The van der Waals surface area contributed by atoms with Gasteiger partial charge in [-0.05, 0) is 37.8 Å². The van der Waals surface area contributed by atoms with Gasteiger partial charge in [-0.15, -0.1) is 0 Å². The fraction of sp³-hybridized carbons (Fsp3) is 0.556. The van der Waals surface area contributed by atoms with Crippen LogP contribution in [0.3, 0.4) is 0 Å². The molecule has 3 atom stereocenters. The molecule has 0 aromatic heterocycles. The lowest BCUT2D eigenvalue weighted by atomic mass is 9.96. The van der Waals surface area contributed by atoms with Crippen LogP contribution < -0.4 is 10.6 Å². The molecule has 2 aliphatic heterocycles. The highest BCUT2D eigenvalue weighted by atomic mass is 16.2. The van der Waals surface area contributed by atoms with Gasteiger partial charge in [0.05, 0.1) is 0 Å². The van der Waals surface area contributed by atoms with Gasteiger partial charge < -0.3 is 5.32 Å². The lowest BCUT2D eigenvalue weighted by molar-refractivity contribution is -0.120. The van der Waals surface area contributed by atoms with Crippen LogP contribution in [0.5, 0.6) is 0 Å². The number of imide groups is 1. The maximum atomic E-state index is 11.6. The molecule has 3 amide bonds. The van der Waals surface area contributed by atoms with Gasteiger partial charge in [-0.3, -0.25) is 15.0 Å². The van der Waals surface area contributed by atoms with Crippen molar-refractivity contribution in [2.45, 2.75) is 64.2 Å². The van der Waals surface area contributed by atoms with E-state index in [1.165, 1.54) is 24.8 Å². The van der Waals surface area contributed by atoms with Crippen LogP contribution in [-0.4, -0.2) is 35.0 Å². The van der Waals surface area contributed by atoms with Gasteiger partial charge in [-0.2, -0.15) is 0 Å². The molecule has 0 bridgehead atoms. The Morgan fingerprint density at radius 3 is 2.22 bits per heavy atom. The Labute approximate surface area is 137 Å². The van der Waals surface area contributed by atoms with E-state index in [0.29, 0.717) is 18.5 Å². The summed E-state index contributed by atoms with van der Waals surface area (Å²) in [5.41, 5.74) is 2.37. The number of carbonyl (C=O) groups is 2. The molecule has 3 rings (SSSR count). The maximum Gasteiger partial charge on any atom is 0.322 e. The van der Waals surface area contributed by atoms with Crippen molar-refractivity contribution in [3.8, 4) is 0 Å². The number of hydrogen-bond acceptors (Lipinski definition) is 3. The number of benzene rings is 1. The van der Waals surface area contributed by atoms with E-state index in [0.717, 1.165) is 12.1 Å². The number of piperidine rings is 1. The summed E-state index contributed by atoms with van der Waals surface area (Å²) < 4.78 is 0. The van der Waals surface area contributed by atoms with Crippen molar-refractivity contribution >= 4 is 11.9 Å². The zero-order chi connectivity index (χ0) is 16.4. The Bertz CT molecular complexity index is 574. The third-order valence-electron chi connectivity index (χ3n) is 5.06. The summed E-state index contributed by atoms with van der Waals surface area (Å²) in [6.07, 6.45) is 4.42. The molecule has 5 heteroatoms. The van der Waals surface area contributed by atoms with Gasteiger partial charge in [0.2, 0.25) is 0 Å². The van der Waals surface area contributed by atoms with Gasteiger partial charge >= 0.3 is 6.03 Å². The third kappa shape index (κ3) is 3.72. The second-order valence-corrected chi connectivity index (χ2v) is 6.84. The van der Waals surface area contributed by atoms with E-state index in [1.807, 2.05) is 0 Å². The molecule has 0 saturated carbocycles. The van der Waals surface area contributed by atoms with Gasteiger partial charge in [-0.25, -0.2) is 4.79 Å². The van der Waals surface area contributed by atoms with Gasteiger partial charge in [0.15, 0.2) is 0 Å². The highest BCUT2D eigenvalue weighted by molar-refractivity contribution is 6.04. The third-order valence-corrected chi connectivity index (χ3v) is 5.06. The van der Waals surface area contributed by atoms with Crippen LogP contribution in [0.4, 0.5) is 4.79 Å². The maximum absolute atomic E-state index is 11.6. The average Bonchev–Trinajstić information content (AvgIpc) is 2.83. The highest BCUT2D eigenvalue weighted by Gasteiger charge is 2.29. The lowest BCUT2D eigenvalue weighted by Crippen LogP contribution is -2.42. The number of carbonyl (C=O) groups excluding carboxylic acids is 2. The number of rotatable bonds is 4. The standard InChI is InChI=1S/C18H25N3O2/c1-12-4-3-5-13(2)21(12)11-15-8-6-14(7-9-15)10-16-17(22)20-18(23)19-16/h6-9,12-13,16H,3-5,10-11H2,1-2H3,(H2,19,20,22,23)/t12-,13+,16?. The van der Waals surface area contributed by atoms with E-state index in [1.54, 1.807) is 0 Å². The number of nitrogens with one attached hydrogen (secondary N) is 2. The van der Waals surface area contributed by atoms with Crippen LogP contribution >= 0.6 is 0 Å². The molecule has 1 unspecified atom stereocenters. The van der Waals surface area contributed by atoms with Crippen LogP contribution in [0.1, 0.15) is 44.2 Å². The van der Waals surface area contributed by atoms with E-state index in [2.05, 4.69) is 53.6 Å². The Kier molecular flexibility index (Phi) is 4.66. The van der Waals surface area contributed by atoms with Crippen LogP contribution in [-0.2, 0) is 17.8 Å². The molecule has 0 aliphatic carbocycles. The van der Waals surface area contributed by atoms with Crippen LogP contribution in [0, 0.1) is 0 Å². The van der Waals surface area contributed by atoms with Gasteiger partial charge in [0, 0.05) is 25.0 Å². The minimum atomic E-state index is -0.449. The monoisotopic (exact) mass is 315 g/mol. The first-order chi connectivity index (χ1) is 11.0. The summed E-state index contributed by atoms with van der Waals surface area (Å²) in [4.78, 5) is 25.3. The van der Waals surface area contributed by atoms with E-state index in [4.69, 9.17) is 0 Å². The number of likely N-dealkylation sites (tertiary alicyclic amines) is 1. The second kappa shape index (κ2) is 6.71. The quantitative estimate of drug-likeness (QED) is 0.837. The molecule has 2 saturated heterocycles. The van der Waals surface area contributed by atoms with Crippen LogP contribution in [0.25, 0.3) is 0 Å². The molecule has 2 N–H and O–H groups in total. The first-order valence-electron chi connectivity index (χ1n) is 8.48. The van der Waals surface area contributed by atoms with Crippen molar-refractivity contribution in [1.29, 1.82) is 0 Å². The van der Waals surface area contributed by atoms with Gasteiger partial charge in [0.25, 0.3) is 5.91 Å². The summed E-state index contributed by atoms with van der Waals surface area (Å²) >= 11 is 0. The van der Waals surface area contributed by atoms with E-state index < -0.39 is 12.1 Å². The molecular weight excluding hydrogens is 290 g/mol. The summed E-state index contributed by atoms with van der Waals surface area (Å²) in [5.74, 6) is -0.241. The van der Waals surface area contributed by atoms with Crippen molar-refractivity contribution in [3.05, 3.63) is 35.4 Å². The second-order valence-electron chi connectivity index (χ2n) is 6.84. The number of nitrogens with zero attached hydrogens (tertiary/aromatic N) is 1. The zero-order valence-corrected chi connectivity index (χ0v) is 13.8. The summed E-state index contributed by atoms with van der Waals surface area (Å²) in [7, 11) is 0. The zero-order valence-electron chi connectivity index (χ0n) is 13.8. The van der Waals surface area contributed by atoms with Gasteiger partial charge in [0.1, 0.15) is 6.04 Å². The first kappa shape index (κ1) is 16.0. The molecule has 0 radical (unpaired) electrons. The molecule has 23 heavy (non-hydrogen) atoms. The van der Waals surface area contributed by atoms with E-state index in [-0.39, 0.29) is 5.91 Å². The predicted molar refractivity (Wildman–Crippen MR) is 88.9 cm³/mol. The fourth-order valence-corrected chi connectivity index (χ4v) is 3.62. The largest absolute Gasteiger partial charge is 0.326 e. The fourth-order valence-electron chi connectivity index (χ4n) is 3.62. The molecule has 1 aromatic carbocycles. The van der Waals surface area contributed by atoms with Crippen LogP contribution in [0.15, 0.2) is 24.3 Å². The van der Waals surface area contributed by atoms with Crippen molar-refractivity contribution in [1.82, 2.24) is 15.5 Å². The molecular formula is C18H25N3O2. The number of urea groups is 1. The minimum absolute atomic E-state index is 0.241. The Morgan fingerprint density at radius 2 is 1.65 bits per heavy atom. The molecule has 2 heterocycles. The molecule has 5 nitrogen and oxygen atoms in total. The Morgan fingerprint density at radius 1 is 1.04 bits per heavy atom. The van der Waals surface area contributed by atoms with Crippen molar-refractivity contribution < 1.29 is 9.59 Å². The topological polar surface area (TPSA) is 61.4 Å². The Balaban J connectivity index is 1.61. The average molecular weight is 315 g/mol. The molecule has 2 fully saturated rings. The van der Waals surface area contributed by atoms with Crippen molar-refractivity contribution in [2.75, 3.05) is 0 Å². The summed E-state index contributed by atoms with van der Waals surface area (Å²) in [6, 6.07) is 8.82. The smallest absolute Gasteiger partial charge is 0.322 e. The lowest BCUT2D eigenvalue weighted by Gasteiger charge is -2.39. The molecule has 2 aliphatic rings. The predicted octanol–water partition coefficient (Wildman–Crippen LogP) is 2.20. The summed E-state index contributed by atoms with van der Waals surface area (Å²) in [6.45, 7) is 5.60. The first-order valence-corrected chi connectivity index (χ1v) is 8.48. The molecule has 124 valence electrons. The van der Waals surface area contributed by atoms with E-state index in [9.17, 15) is 9.59 Å². The van der Waals surface area contributed by atoms with E-state index >= 15 is 0 Å². The normalized spacial score (nSPS) is 28.5. The number of hydrogen-bond donors (Lipinski definition) is 2. The highest BCUT2D eigenvalue weighted by Crippen LogP contribution is 2.24. The SMILES string of the molecule is C[C@@H]1CCC[C@H](C)N1Cc1ccc(CC2NC(=O)NC2=O)cc1. The summed E-state index contributed by atoms with van der Waals surface area (Å²) in [5, 5.41) is 4.90. The number of amides is 3. The van der Waals surface area contributed by atoms with Crippen molar-refractivity contribution in [3.63, 3.8) is 0 Å².